The Balaban J connectivity index is 2.02. The maximum atomic E-state index is 12.8. The van der Waals surface area contributed by atoms with Crippen molar-refractivity contribution < 1.29 is 13.2 Å². The standard InChI is InChI=1S/C19H31N3O3S/c1-12-13(2)15(4)19(16(5)14(12)3)26(24,25)21-10-8-18(23)22-17-7-6-9-20-11-17/h17,20-21H,6-11H2,1-5H3,(H,22,23)/t17-/m0/s1. The number of nitrogens with one attached hydrogen (secondary N) is 3. The quantitative estimate of drug-likeness (QED) is 0.701. The van der Waals surface area contributed by atoms with Crippen LogP contribution in [0.4, 0.5) is 0 Å². The molecule has 1 atom stereocenters. The van der Waals surface area contributed by atoms with Crippen molar-refractivity contribution in [3.05, 3.63) is 27.8 Å². The molecule has 0 saturated carbocycles. The van der Waals surface area contributed by atoms with Gasteiger partial charge in [0.05, 0.1) is 4.90 Å². The lowest BCUT2D eigenvalue weighted by atomic mass is 9.95. The van der Waals surface area contributed by atoms with E-state index in [1.807, 2.05) is 34.6 Å². The Labute approximate surface area is 157 Å². The van der Waals surface area contributed by atoms with Gasteiger partial charge in [-0.15, -0.1) is 0 Å². The van der Waals surface area contributed by atoms with Gasteiger partial charge in [0.2, 0.25) is 15.9 Å². The van der Waals surface area contributed by atoms with Crippen molar-refractivity contribution in [2.24, 2.45) is 0 Å². The average molecular weight is 382 g/mol. The molecule has 1 aliphatic heterocycles. The van der Waals surface area contributed by atoms with Crippen LogP contribution in [0.2, 0.25) is 0 Å². The summed E-state index contributed by atoms with van der Waals surface area (Å²) in [4.78, 5) is 12.4. The van der Waals surface area contributed by atoms with Crippen LogP contribution in [-0.2, 0) is 14.8 Å². The molecule has 2 rings (SSSR count). The summed E-state index contributed by atoms with van der Waals surface area (Å²) in [5, 5.41) is 6.20. The molecule has 1 saturated heterocycles. The van der Waals surface area contributed by atoms with E-state index in [2.05, 4.69) is 15.4 Å². The van der Waals surface area contributed by atoms with Gasteiger partial charge in [0.1, 0.15) is 0 Å². The normalized spacial score (nSPS) is 18.0. The van der Waals surface area contributed by atoms with Crippen LogP contribution in [0, 0.1) is 34.6 Å². The zero-order valence-corrected chi connectivity index (χ0v) is 17.3. The predicted molar refractivity (Wildman–Crippen MR) is 104 cm³/mol. The molecule has 1 aromatic rings. The minimum Gasteiger partial charge on any atom is -0.352 e. The number of carbonyl (C=O) groups is 1. The topological polar surface area (TPSA) is 87.3 Å². The molecule has 0 bridgehead atoms. The number of hydrogen-bond donors (Lipinski definition) is 3. The second-order valence-corrected chi connectivity index (χ2v) is 8.92. The molecular formula is C19H31N3O3S. The van der Waals surface area contributed by atoms with E-state index in [1.165, 1.54) is 0 Å². The monoisotopic (exact) mass is 381 g/mol. The fraction of sp³-hybridized carbons (Fsp3) is 0.632. The first kappa shape index (κ1) is 20.9. The van der Waals surface area contributed by atoms with Gasteiger partial charge in [0, 0.05) is 25.6 Å². The maximum Gasteiger partial charge on any atom is 0.241 e. The zero-order valence-electron chi connectivity index (χ0n) is 16.5. The number of rotatable bonds is 6. The Morgan fingerprint density at radius 3 is 2.15 bits per heavy atom. The number of hydrogen-bond acceptors (Lipinski definition) is 4. The highest BCUT2D eigenvalue weighted by molar-refractivity contribution is 7.89. The second-order valence-electron chi connectivity index (χ2n) is 7.21. The van der Waals surface area contributed by atoms with Crippen LogP contribution in [0.1, 0.15) is 47.1 Å². The van der Waals surface area contributed by atoms with E-state index in [0.29, 0.717) is 4.90 Å². The molecule has 0 aromatic heterocycles. The first-order valence-corrected chi connectivity index (χ1v) is 10.7. The van der Waals surface area contributed by atoms with E-state index in [-0.39, 0.29) is 24.9 Å². The van der Waals surface area contributed by atoms with Gasteiger partial charge in [0.25, 0.3) is 0 Å². The highest BCUT2D eigenvalue weighted by atomic mass is 32.2. The molecule has 146 valence electrons. The van der Waals surface area contributed by atoms with Gasteiger partial charge in [-0.25, -0.2) is 13.1 Å². The van der Waals surface area contributed by atoms with Crippen LogP contribution >= 0.6 is 0 Å². The molecule has 1 fully saturated rings. The van der Waals surface area contributed by atoms with Crippen molar-refractivity contribution >= 4 is 15.9 Å². The fourth-order valence-corrected chi connectivity index (χ4v) is 5.14. The van der Waals surface area contributed by atoms with Crippen molar-refractivity contribution in [3.63, 3.8) is 0 Å². The lowest BCUT2D eigenvalue weighted by Crippen LogP contribution is -2.46. The van der Waals surface area contributed by atoms with E-state index in [0.717, 1.165) is 53.7 Å². The molecule has 7 heteroatoms. The minimum absolute atomic E-state index is 0.0964. The third-order valence-corrected chi connectivity index (χ3v) is 7.24. The summed E-state index contributed by atoms with van der Waals surface area (Å²) in [5.74, 6) is -0.119. The molecule has 26 heavy (non-hydrogen) atoms. The van der Waals surface area contributed by atoms with Crippen molar-refractivity contribution in [1.82, 2.24) is 15.4 Å². The fourth-order valence-electron chi connectivity index (χ4n) is 3.51. The first-order chi connectivity index (χ1) is 12.1. The van der Waals surface area contributed by atoms with Gasteiger partial charge in [-0.1, -0.05) is 0 Å². The highest BCUT2D eigenvalue weighted by Crippen LogP contribution is 2.29. The van der Waals surface area contributed by atoms with Gasteiger partial charge < -0.3 is 10.6 Å². The molecular weight excluding hydrogens is 350 g/mol. The smallest absolute Gasteiger partial charge is 0.241 e. The van der Waals surface area contributed by atoms with E-state index in [4.69, 9.17) is 0 Å². The maximum absolute atomic E-state index is 12.8. The molecule has 3 N–H and O–H groups in total. The van der Waals surface area contributed by atoms with E-state index < -0.39 is 10.0 Å². The first-order valence-electron chi connectivity index (χ1n) is 9.22. The SMILES string of the molecule is Cc1c(C)c(C)c(S(=O)(=O)NCCC(=O)N[C@H]2CCCNC2)c(C)c1C. The predicted octanol–water partition coefficient (Wildman–Crippen LogP) is 1.77. The van der Waals surface area contributed by atoms with Gasteiger partial charge >= 0.3 is 0 Å². The van der Waals surface area contributed by atoms with Crippen LogP contribution in [0.25, 0.3) is 0 Å². The summed E-state index contributed by atoms with van der Waals surface area (Å²) >= 11 is 0. The zero-order chi connectivity index (χ0) is 19.5. The largest absolute Gasteiger partial charge is 0.352 e. The van der Waals surface area contributed by atoms with Crippen molar-refractivity contribution in [2.45, 2.75) is 64.8 Å². The lowest BCUT2D eigenvalue weighted by molar-refractivity contribution is -0.121. The molecule has 6 nitrogen and oxygen atoms in total. The van der Waals surface area contributed by atoms with E-state index in [9.17, 15) is 13.2 Å². The van der Waals surface area contributed by atoms with Crippen LogP contribution in [0.5, 0.6) is 0 Å². The van der Waals surface area contributed by atoms with Crippen molar-refractivity contribution in [3.8, 4) is 0 Å². The third-order valence-electron chi connectivity index (χ3n) is 5.51. The van der Waals surface area contributed by atoms with E-state index >= 15 is 0 Å². The number of sulfonamides is 1. The minimum atomic E-state index is -3.65. The Kier molecular flexibility index (Phi) is 6.82. The molecule has 1 aliphatic rings. The number of amides is 1. The summed E-state index contributed by atoms with van der Waals surface area (Å²) in [6.45, 7) is 11.4. The summed E-state index contributed by atoms with van der Waals surface area (Å²) < 4.78 is 28.2. The summed E-state index contributed by atoms with van der Waals surface area (Å²) in [7, 11) is -3.65. The molecule has 0 aliphatic carbocycles. The highest BCUT2D eigenvalue weighted by Gasteiger charge is 2.23. The lowest BCUT2D eigenvalue weighted by Gasteiger charge is -2.23. The molecule has 0 spiro atoms. The molecule has 1 aromatic carbocycles. The van der Waals surface area contributed by atoms with Gasteiger partial charge in [-0.05, 0) is 81.8 Å². The summed E-state index contributed by atoms with van der Waals surface area (Å²) in [5.41, 5.74) is 4.66. The van der Waals surface area contributed by atoms with Gasteiger partial charge in [0.15, 0.2) is 0 Å². The van der Waals surface area contributed by atoms with Crippen molar-refractivity contribution in [1.29, 1.82) is 0 Å². The number of benzene rings is 1. The Morgan fingerprint density at radius 1 is 1.04 bits per heavy atom. The summed E-state index contributed by atoms with van der Waals surface area (Å²) in [6.07, 6.45) is 2.14. The second kappa shape index (κ2) is 8.50. The van der Waals surface area contributed by atoms with E-state index in [1.54, 1.807) is 0 Å². The number of piperidine rings is 1. The van der Waals surface area contributed by atoms with Crippen LogP contribution < -0.4 is 15.4 Å². The van der Waals surface area contributed by atoms with Crippen molar-refractivity contribution in [2.75, 3.05) is 19.6 Å². The molecule has 1 amide bonds. The summed E-state index contributed by atoms with van der Waals surface area (Å²) in [6, 6.07) is 0.139. The van der Waals surface area contributed by atoms with Gasteiger partial charge in [-0.2, -0.15) is 0 Å². The number of carbonyl (C=O) groups excluding carboxylic acids is 1. The van der Waals surface area contributed by atoms with Crippen LogP contribution in [-0.4, -0.2) is 40.0 Å². The molecule has 0 unspecified atom stereocenters. The van der Waals surface area contributed by atoms with Crippen LogP contribution in [0.15, 0.2) is 4.90 Å². The third kappa shape index (κ3) is 4.64. The Hall–Kier alpha value is -1.44. The average Bonchev–Trinajstić information content (AvgIpc) is 2.59. The Morgan fingerprint density at radius 2 is 1.62 bits per heavy atom. The van der Waals surface area contributed by atoms with Crippen LogP contribution in [0.3, 0.4) is 0 Å². The Bertz CT molecular complexity index is 753. The molecule has 0 radical (unpaired) electrons. The molecule has 1 heterocycles. The van der Waals surface area contributed by atoms with Gasteiger partial charge in [-0.3, -0.25) is 4.79 Å².